The van der Waals surface area contributed by atoms with E-state index in [1.807, 2.05) is 6.92 Å². The van der Waals surface area contributed by atoms with E-state index < -0.39 is 0 Å². The predicted molar refractivity (Wildman–Crippen MR) is 76.4 cm³/mol. The summed E-state index contributed by atoms with van der Waals surface area (Å²) >= 11 is 1.51. The normalized spacial score (nSPS) is 14.7. The van der Waals surface area contributed by atoms with E-state index in [-0.39, 0.29) is 10.7 Å². The van der Waals surface area contributed by atoms with Crippen molar-refractivity contribution in [2.24, 2.45) is 0 Å². The highest BCUT2D eigenvalue weighted by Gasteiger charge is 2.25. The van der Waals surface area contributed by atoms with Crippen LogP contribution in [0.3, 0.4) is 0 Å². The molecule has 0 aliphatic carbocycles. The van der Waals surface area contributed by atoms with Crippen molar-refractivity contribution in [2.75, 3.05) is 12.9 Å². The van der Waals surface area contributed by atoms with E-state index in [0.717, 1.165) is 19.3 Å². The van der Waals surface area contributed by atoms with Crippen molar-refractivity contribution in [3.8, 4) is 6.07 Å². The molecule has 0 saturated heterocycles. The number of hydrogen-bond acceptors (Lipinski definition) is 4. The SMILES string of the molecule is CC/C(C)=C\CCC(C)(CC#N)SCC(=O)OC. The van der Waals surface area contributed by atoms with Crippen molar-refractivity contribution in [3.05, 3.63) is 11.6 Å². The van der Waals surface area contributed by atoms with Gasteiger partial charge in [-0.2, -0.15) is 5.26 Å². The Morgan fingerprint density at radius 2 is 2.22 bits per heavy atom. The fourth-order valence-electron chi connectivity index (χ4n) is 1.44. The van der Waals surface area contributed by atoms with Crippen LogP contribution < -0.4 is 0 Å². The Morgan fingerprint density at radius 1 is 1.56 bits per heavy atom. The fraction of sp³-hybridized carbons (Fsp3) is 0.714. The topological polar surface area (TPSA) is 50.1 Å². The van der Waals surface area contributed by atoms with Crippen LogP contribution in [0, 0.1) is 11.3 Å². The highest BCUT2D eigenvalue weighted by atomic mass is 32.2. The van der Waals surface area contributed by atoms with E-state index in [9.17, 15) is 4.79 Å². The number of carbonyl (C=O) groups excluding carboxylic acids is 1. The van der Waals surface area contributed by atoms with E-state index in [4.69, 9.17) is 5.26 Å². The van der Waals surface area contributed by atoms with Gasteiger partial charge in [0, 0.05) is 11.2 Å². The third-order valence-electron chi connectivity index (χ3n) is 2.94. The number of esters is 1. The summed E-state index contributed by atoms with van der Waals surface area (Å²) in [7, 11) is 1.39. The number of rotatable bonds is 8. The van der Waals surface area contributed by atoms with Gasteiger partial charge in [0.05, 0.1) is 18.9 Å². The van der Waals surface area contributed by atoms with Crippen molar-refractivity contribution in [1.82, 2.24) is 0 Å². The van der Waals surface area contributed by atoms with E-state index in [2.05, 4.69) is 30.7 Å². The maximum atomic E-state index is 11.2. The molecule has 0 fully saturated rings. The molecule has 3 nitrogen and oxygen atoms in total. The van der Waals surface area contributed by atoms with Crippen LogP contribution in [-0.4, -0.2) is 23.6 Å². The minimum absolute atomic E-state index is 0.173. The molecule has 0 aliphatic rings. The summed E-state index contributed by atoms with van der Waals surface area (Å²) < 4.78 is 4.46. The second-order valence-electron chi connectivity index (χ2n) is 4.59. The first kappa shape index (κ1) is 17.1. The van der Waals surface area contributed by atoms with Crippen LogP contribution in [0.2, 0.25) is 0 Å². The minimum atomic E-state index is -0.232. The molecule has 4 heteroatoms. The van der Waals surface area contributed by atoms with Crippen LogP contribution in [0.25, 0.3) is 0 Å². The molecule has 0 aliphatic heterocycles. The minimum Gasteiger partial charge on any atom is -0.468 e. The molecule has 1 unspecified atom stereocenters. The Morgan fingerprint density at radius 3 is 2.72 bits per heavy atom. The monoisotopic (exact) mass is 269 g/mol. The molecule has 0 aromatic carbocycles. The molecule has 0 N–H and O–H groups in total. The zero-order chi connectivity index (χ0) is 14.0. The molecule has 0 radical (unpaired) electrons. The van der Waals surface area contributed by atoms with Gasteiger partial charge in [0.1, 0.15) is 0 Å². The lowest BCUT2D eigenvalue weighted by molar-refractivity contribution is -0.137. The largest absolute Gasteiger partial charge is 0.468 e. The number of allylic oxidation sites excluding steroid dienone is 2. The molecule has 0 saturated carbocycles. The molecule has 1 atom stereocenters. The molecule has 0 heterocycles. The second kappa shape index (κ2) is 9.04. The van der Waals surface area contributed by atoms with E-state index in [1.54, 1.807) is 0 Å². The summed E-state index contributed by atoms with van der Waals surface area (Å²) in [6.07, 6.45) is 5.58. The first-order valence-electron chi connectivity index (χ1n) is 6.20. The summed E-state index contributed by atoms with van der Waals surface area (Å²) in [5.41, 5.74) is 1.37. The first-order valence-corrected chi connectivity index (χ1v) is 7.19. The standard InChI is InChI=1S/C14H23NO2S/c1-5-12(2)7-6-8-14(3,9-10-15)18-11-13(16)17-4/h7H,5-6,8-9,11H2,1-4H3/b12-7-. The van der Waals surface area contributed by atoms with Gasteiger partial charge in [0.2, 0.25) is 0 Å². The predicted octanol–water partition coefficient (Wildman–Crippen LogP) is 3.70. The number of carbonyl (C=O) groups is 1. The average Bonchev–Trinajstić information content (AvgIpc) is 2.36. The van der Waals surface area contributed by atoms with Gasteiger partial charge >= 0.3 is 5.97 Å². The molecule has 102 valence electrons. The van der Waals surface area contributed by atoms with Gasteiger partial charge in [-0.15, -0.1) is 11.8 Å². The smallest absolute Gasteiger partial charge is 0.315 e. The van der Waals surface area contributed by atoms with Crippen LogP contribution >= 0.6 is 11.8 Å². The number of thioether (sulfide) groups is 1. The summed E-state index contributed by atoms with van der Waals surface area (Å²) in [5.74, 6) is 0.0787. The fourth-order valence-corrected chi connectivity index (χ4v) is 2.45. The maximum Gasteiger partial charge on any atom is 0.315 e. The molecule has 0 rings (SSSR count). The third-order valence-corrected chi connectivity index (χ3v) is 4.37. The Labute approximate surface area is 115 Å². The molecule has 0 amide bonds. The number of nitrogens with zero attached hydrogens (tertiary/aromatic N) is 1. The number of methoxy groups -OCH3 is 1. The van der Waals surface area contributed by atoms with Gasteiger partial charge in [-0.3, -0.25) is 4.79 Å². The Bertz CT molecular complexity index is 333. The molecular weight excluding hydrogens is 246 g/mol. The lowest BCUT2D eigenvalue weighted by Crippen LogP contribution is -2.22. The van der Waals surface area contributed by atoms with Gasteiger partial charge in [-0.1, -0.05) is 18.6 Å². The van der Waals surface area contributed by atoms with Gasteiger partial charge < -0.3 is 4.74 Å². The first-order chi connectivity index (χ1) is 8.47. The summed E-state index contributed by atoms with van der Waals surface area (Å²) in [6, 6.07) is 2.21. The van der Waals surface area contributed by atoms with Crippen molar-refractivity contribution in [3.63, 3.8) is 0 Å². The van der Waals surface area contributed by atoms with Gasteiger partial charge in [-0.25, -0.2) is 0 Å². The highest BCUT2D eigenvalue weighted by Crippen LogP contribution is 2.33. The average molecular weight is 269 g/mol. The van der Waals surface area contributed by atoms with Crippen molar-refractivity contribution < 1.29 is 9.53 Å². The lowest BCUT2D eigenvalue weighted by Gasteiger charge is -2.25. The molecule has 18 heavy (non-hydrogen) atoms. The zero-order valence-corrected chi connectivity index (χ0v) is 12.6. The van der Waals surface area contributed by atoms with Crippen LogP contribution in [0.1, 0.15) is 46.5 Å². The number of nitriles is 1. The molecule has 0 aromatic heterocycles. The summed E-state index contributed by atoms with van der Waals surface area (Å²) in [5, 5.41) is 8.88. The van der Waals surface area contributed by atoms with Crippen molar-refractivity contribution in [2.45, 2.75) is 51.2 Å². The molecule has 0 spiro atoms. The molecule has 0 aromatic rings. The maximum absolute atomic E-state index is 11.2. The van der Waals surface area contributed by atoms with Gasteiger partial charge in [-0.05, 0) is 33.1 Å². The second-order valence-corrected chi connectivity index (χ2v) is 6.16. The van der Waals surface area contributed by atoms with Crippen LogP contribution in [0.5, 0.6) is 0 Å². The zero-order valence-electron chi connectivity index (χ0n) is 11.8. The van der Waals surface area contributed by atoms with E-state index in [1.165, 1.54) is 24.4 Å². The van der Waals surface area contributed by atoms with Gasteiger partial charge in [0.25, 0.3) is 0 Å². The molecular formula is C14H23NO2S. The third kappa shape index (κ3) is 7.39. The Hall–Kier alpha value is -0.950. The van der Waals surface area contributed by atoms with Crippen molar-refractivity contribution >= 4 is 17.7 Å². The van der Waals surface area contributed by atoms with E-state index >= 15 is 0 Å². The number of ether oxygens (including phenoxy) is 1. The summed E-state index contributed by atoms with van der Waals surface area (Å²) in [6.45, 7) is 6.29. The van der Waals surface area contributed by atoms with E-state index in [0.29, 0.717) is 12.2 Å². The Balaban J connectivity index is 4.34. The quantitative estimate of drug-likeness (QED) is 0.498. The van der Waals surface area contributed by atoms with Crippen LogP contribution in [0.15, 0.2) is 11.6 Å². The highest BCUT2D eigenvalue weighted by molar-refractivity contribution is 8.01. The van der Waals surface area contributed by atoms with Crippen LogP contribution in [-0.2, 0) is 9.53 Å². The molecule has 0 bridgehead atoms. The van der Waals surface area contributed by atoms with Crippen molar-refractivity contribution in [1.29, 1.82) is 5.26 Å². The van der Waals surface area contributed by atoms with Gasteiger partial charge in [0.15, 0.2) is 0 Å². The Kier molecular flexibility index (Phi) is 8.57. The lowest BCUT2D eigenvalue weighted by atomic mass is 10.00. The van der Waals surface area contributed by atoms with Crippen LogP contribution in [0.4, 0.5) is 0 Å². The number of hydrogen-bond donors (Lipinski definition) is 0. The summed E-state index contributed by atoms with van der Waals surface area (Å²) in [4.78, 5) is 11.2.